The van der Waals surface area contributed by atoms with Crippen molar-refractivity contribution < 1.29 is 15.0 Å². The van der Waals surface area contributed by atoms with Crippen molar-refractivity contribution in [2.24, 2.45) is 34.5 Å². The molecule has 4 saturated carbocycles. The molecule has 4 rings (SSSR count). The Morgan fingerprint density at radius 1 is 0.958 bits per heavy atom. The van der Waals surface area contributed by atoms with E-state index in [0.717, 1.165) is 44.4 Å². The third-order valence-electron chi connectivity index (χ3n) is 9.37. The molecule has 0 spiro atoms. The molecule has 136 valence electrons. The van der Waals surface area contributed by atoms with Gasteiger partial charge in [-0.15, -0.1) is 0 Å². The van der Waals surface area contributed by atoms with Gasteiger partial charge < -0.3 is 10.2 Å². The molecule has 4 aliphatic rings. The average molecular weight is 335 g/mol. The van der Waals surface area contributed by atoms with Crippen molar-refractivity contribution in [3.05, 3.63) is 0 Å². The van der Waals surface area contributed by atoms with Gasteiger partial charge >= 0.3 is 0 Å². The number of rotatable bonds is 1. The Morgan fingerprint density at radius 3 is 2.38 bits per heavy atom. The Labute approximate surface area is 146 Å². The normalized spacial score (nSPS) is 57.0. The zero-order valence-electron chi connectivity index (χ0n) is 15.6. The molecule has 3 nitrogen and oxygen atoms in total. The van der Waals surface area contributed by atoms with Crippen LogP contribution in [0, 0.1) is 34.5 Å². The summed E-state index contributed by atoms with van der Waals surface area (Å²) < 4.78 is 0. The second-order valence-electron chi connectivity index (χ2n) is 10.00. The van der Waals surface area contributed by atoms with Gasteiger partial charge in [0.05, 0.1) is 6.10 Å². The number of aliphatic hydroxyl groups excluding tert-OH is 1. The molecule has 0 aromatic heterocycles. The first-order chi connectivity index (χ1) is 11.2. The number of hydrogen-bond acceptors (Lipinski definition) is 3. The summed E-state index contributed by atoms with van der Waals surface area (Å²) in [4.78, 5) is 12.2. The zero-order chi connectivity index (χ0) is 17.3. The lowest BCUT2D eigenvalue weighted by Gasteiger charge is -2.61. The van der Waals surface area contributed by atoms with Gasteiger partial charge in [0.25, 0.3) is 0 Å². The second-order valence-corrected chi connectivity index (χ2v) is 10.00. The predicted octanol–water partition coefficient (Wildman–Crippen LogP) is 3.71. The largest absolute Gasteiger partial charge is 0.393 e. The number of carbonyl (C=O) groups is 1. The molecule has 0 saturated heterocycles. The lowest BCUT2D eigenvalue weighted by molar-refractivity contribution is -0.170. The number of aliphatic hydroxyl groups is 2. The molecule has 0 bridgehead atoms. The Kier molecular flexibility index (Phi) is 3.76. The minimum Gasteiger partial charge on any atom is -0.393 e. The van der Waals surface area contributed by atoms with Gasteiger partial charge in [0.1, 0.15) is 5.60 Å². The number of ketones is 1. The van der Waals surface area contributed by atoms with Crippen LogP contribution in [0.25, 0.3) is 0 Å². The number of Topliss-reactive ketones (excluding diaryl/α,β-unsaturated/α-hetero) is 1. The van der Waals surface area contributed by atoms with E-state index in [9.17, 15) is 15.0 Å². The van der Waals surface area contributed by atoms with Crippen LogP contribution in [0.15, 0.2) is 0 Å². The quantitative estimate of drug-likeness (QED) is 0.768. The number of fused-ring (bicyclic) bond motifs is 5. The van der Waals surface area contributed by atoms with E-state index in [1.807, 2.05) is 0 Å². The van der Waals surface area contributed by atoms with E-state index in [1.165, 1.54) is 12.8 Å². The van der Waals surface area contributed by atoms with Crippen molar-refractivity contribution in [2.75, 3.05) is 0 Å². The summed E-state index contributed by atoms with van der Waals surface area (Å²) >= 11 is 0. The SMILES string of the molecule is CC(=O)[C@@]1(O)CC[C@H]2[C@@H]3CC[C@H]4C[C@H](O)CC[C@]4(C)[C@H]3CC[C@@]21C. The van der Waals surface area contributed by atoms with Gasteiger partial charge in [-0.1, -0.05) is 13.8 Å². The molecule has 3 heteroatoms. The summed E-state index contributed by atoms with van der Waals surface area (Å²) in [5.74, 6) is 2.52. The summed E-state index contributed by atoms with van der Waals surface area (Å²) in [6.45, 7) is 6.26. The fourth-order valence-corrected chi connectivity index (χ4v) is 7.83. The molecular weight excluding hydrogens is 300 g/mol. The molecular formula is C21H34O3. The number of hydrogen-bond donors (Lipinski definition) is 2. The Morgan fingerprint density at radius 2 is 1.67 bits per heavy atom. The lowest BCUT2D eigenvalue weighted by Crippen LogP contribution is -2.58. The fraction of sp³-hybridized carbons (Fsp3) is 0.952. The van der Waals surface area contributed by atoms with Gasteiger partial charge in [-0.25, -0.2) is 0 Å². The van der Waals surface area contributed by atoms with Gasteiger partial charge in [-0.3, -0.25) is 4.79 Å². The molecule has 0 amide bonds. The Hall–Kier alpha value is -0.410. The van der Waals surface area contributed by atoms with E-state index in [4.69, 9.17) is 0 Å². The molecule has 24 heavy (non-hydrogen) atoms. The average Bonchev–Trinajstić information content (AvgIpc) is 2.81. The van der Waals surface area contributed by atoms with Crippen LogP contribution in [-0.4, -0.2) is 27.7 Å². The molecule has 4 aliphatic carbocycles. The lowest BCUT2D eigenvalue weighted by atomic mass is 9.44. The van der Waals surface area contributed by atoms with Gasteiger partial charge in [-0.2, -0.15) is 0 Å². The number of carbonyl (C=O) groups excluding carboxylic acids is 1. The molecule has 8 atom stereocenters. The maximum atomic E-state index is 12.2. The Bertz CT molecular complexity index is 545. The third kappa shape index (κ3) is 2.00. The predicted molar refractivity (Wildman–Crippen MR) is 93.4 cm³/mol. The van der Waals surface area contributed by atoms with Crippen LogP contribution < -0.4 is 0 Å². The van der Waals surface area contributed by atoms with Gasteiger partial charge in [0.2, 0.25) is 0 Å². The summed E-state index contributed by atoms with van der Waals surface area (Å²) in [7, 11) is 0. The van der Waals surface area contributed by atoms with E-state index in [0.29, 0.717) is 29.6 Å². The molecule has 0 aromatic carbocycles. The van der Waals surface area contributed by atoms with Crippen LogP contribution in [0.1, 0.15) is 78.6 Å². The van der Waals surface area contributed by atoms with Crippen LogP contribution in [0.2, 0.25) is 0 Å². The van der Waals surface area contributed by atoms with E-state index < -0.39 is 5.60 Å². The molecule has 2 N–H and O–H groups in total. The molecule has 0 unspecified atom stereocenters. The van der Waals surface area contributed by atoms with Crippen molar-refractivity contribution in [2.45, 2.75) is 90.3 Å². The van der Waals surface area contributed by atoms with E-state index >= 15 is 0 Å². The Balaban J connectivity index is 1.65. The van der Waals surface area contributed by atoms with Crippen molar-refractivity contribution in [1.82, 2.24) is 0 Å². The highest BCUT2D eigenvalue weighted by molar-refractivity contribution is 5.86. The van der Waals surface area contributed by atoms with Crippen LogP contribution in [0.3, 0.4) is 0 Å². The zero-order valence-corrected chi connectivity index (χ0v) is 15.6. The van der Waals surface area contributed by atoms with Crippen LogP contribution in [0.4, 0.5) is 0 Å². The van der Waals surface area contributed by atoms with Gasteiger partial charge in [0.15, 0.2) is 5.78 Å². The highest BCUT2D eigenvalue weighted by Crippen LogP contribution is 2.68. The van der Waals surface area contributed by atoms with E-state index in [1.54, 1.807) is 6.92 Å². The molecule has 0 heterocycles. The maximum Gasteiger partial charge on any atom is 0.161 e. The highest BCUT2D eigenvalue weighted by atomic mass is 16.3. The summed E-state index contributed by atoms with van der Waals surface area (Å²) in [5.41, 5.74) is -0.957. The van der Waals surface area contributed by atoms with Crippen LogP contribution >= 0.6 is 0 Å². The third-order valence-corrected chi connectivity index (χ3v) is 9.37. The topological polar surface area (TPSA) is 57.5 Å². The fourth-order valence-electron chi connectivity index (χ4n) is 7.83. The van der Waals surface area contributed by atoms with Crippen LogP contribution in [0.5, 0.6) is 0 Å². The minimum absolute atomic E-state index is 0.0216. The molecule has 0 aromatic rings. The monoisotopic (exact) mass is 334 g/mol. The first-order valence-electron chi connectivity index (χ1n) is 10.1. The van der Waals surface area contributed by atoms with Crippen molar-refractivity contribution in [1.29, 1.82) is 0 Å². The maximum absolute atomic E-state index is 12.2. The summed E-state index contributed by atoms with van der Waals surface area (Å²) in [6.07, 6.45) is 9.25. The summed E-state index contributed by atoms with van der Waals surface area (Å²) in [5, 5.41) is 21.3. The van der Waals surface area contributed by atoms with Crippen molar-refractivity contribution >= 4 is 5.78 Å². The molecule has 0 radical (unpaired) electrons. The second kappa shape index (κ2) is 5.30. The standard InChI is InChI=1S/C21H34O3/c1-13(22)21(24)11-8-18-16-5-4-14-12-15(23)6-9-19(14,2)17(16)7-10-20(18,21)3/h14-18,23-24H,4-12H2,1-3H3/t14-,15+,16+,17-,18-,19-,20-,21-/m0/s1. The minimum atomic E-state index is -1.09. The van der Waals surface area contributed by atoms with Gasteiger partial charge in [0, 0.05) is 5.41 Å². The highest BCUT2D eigenvalue weighted by Gasteiger charge is 2.65. The first kappa shape index (κ1) is 17.0. The van der Waals surface area contributed by atoms with Crippen molar-refractivity contribution in [3.63, 3.8) is 0 Å². The smallest absolute Gasteiger partial charge is 0.161 e. The van der Waals surface area contributed by atoms with E-state index in [2.05, 4.69) is 13.8 Å². The van der Waals surface area contributed by atoms with Crippen molar-refractivity contribution in [3.8, 4) is 0 Å². The first-order valence-corrected chi connectivity index (χ1v) is 10.1. The molecule has 4 fully saturated rings. The summed E-state index contributed by atoms with van der Waals surface area (Å²) in [6, 6.07) is 0. The van der Waals surface area contributed by atoms with E-state index in [-0.39, 0.29) is 17.3 Å². The molecule has 0 aliphatic heterocycles. The van der Waals surface area contributed by atoms with Gasteiger partial charge in [-0.05, 0) is 93.8 Å². The van der Waals surface area contributed by atoms with Crippen LogP contribution in [-0.2, 0) is 4.79 Å².